The van der Waals surface area contributed by atoms with Crippen LogP contribution in [0, 0.1) is 5.92 Å². The lowest BCUT2D eigenvalue weighted by Crippen LogP contribution is -2.55. The minimum absolute atomic E-state index is 0.0417. The highest BCUT2D eigenvalue weighted by Gasteiger charge is 2.36. The Labute approximate surface area is 156 Å². The molecule has 2 amide bonds. The van der Waals surface area contributed by atoms with Crippen molar-refractivity contribution in [3.05, 3.63) is 35.9 Å². The molecule has 1 aromatic carbocycles. The van der Waals surface area contributed by atoms with E-state index in [2.05, 4.69) is 0 Å². The van der Waals surface area contributed by atoms with E-state index in [-0.39, 0.29) is 11.8 Å². The van der Waals surface area contributed by atoms with Crippen molar-refractivity contribution in [1.29, 1.82) is 0 Å². The first-order valence-corrected chi connectivity index (χ1v) is 9.65. The smallest absolute Gasteiger partial charge is 0.251 e. The Bertz CT molecular complexity index is 632. The van der Waals surface area contributed by atoms with Crippen LogP contribution in [0.15, 0.2) is 30.3 Å². The lowest BCUT2D eigenvalue weighted by molar-refractivity contribution is -0.148. The molecule has 1 unspecified atom stereocenters. The van der Waals surface area contributed by atoms with Gasteiger partial charge in [0.2, 0.25) is 5.91 Å². The maximum atomic E-state index is 13.0. The van der Waals surface area contributed by atoms with Crippen molar-refractivity contribution in [3.63, 3.8) is 0 Å². The van der Waals surface area contributed by atoms with Gasteiger partial charge in [0.1, 0.15) is 6.10 Å². The number of rotatable bonds is 6. The predicted octanol–water partition coefficient (Wildman–Crippen LogP) is 2.45. The van der Waals surface area contributed by atoms with Crippen LogP contribution in [0.25, 0.3) is 0 Å². The van der Waals surface area contributed by atoms with Crippen molar-refractivity contribution in [2.75, 3.05) is 32.8 Å². The molecule has 0 aromatic heterocycles. The Morgan fingerprint density at radius 2 is 1.65 bits per heavy atom. The molecule has 3 rings (SSSR count). The molecule has 5 heteroatoms. The highest BCUT2D eigenvalue weighted by Crippen LogP contribution is 2.29. The van der Waals surface area contributed by atoms with Crippen molar-refractivity contribution in [3.8, 4) is 0 Å². The Morgan fingerprint density at radius 1 is 1.08 bits per heavy atom. The lowest BCUT2D eigenvalue weighted by Gasteiger charge is -2.39. The average molecular weight is 358 g/mol. The van der Waals surface area contributed by atoms with Gasteiger partial charge in [-0.05, 0) is 45.1 Å². The monoisotopic (exact) mass is 358 g/mol. The summed E-state index contributed by atoms with van der Waals surface area (Å²) in [6.07, 6.45) is 2.05. The molecule has 1 aromatic rings. The van der Waals surface area contributed by atoms with E-state index in [4.69, 9.17) is 4.74 Å². The number of ether oxygens (including phenoxy) is 1. The highest BCUT2D eigenvalue weighted by molar-refractivity contribution is 5.88. The zero-order chi connectivity index (χ0) is 18.7. The summed E-state index contributed by atoms with van der Waals surface area (Å²) in [5.41, 5.74) is 0.458. The molecule has 0 N–H and O–H groups in total. The summed E-state index contributed by atoms with van der Waals surface area (Å²) < 4.78 is 5.70. The second-order valence-corrected chi connectivity index (χ2v) is 8.03. The summed E-state index contributed by atoms with van der Waals surface area (Å²) in [6, 6.07) is 9.88. The van der Waals surface area contributed by atoms with Crippen LogP contribution in [0.3, 0.4) is 0 Å². The number of nitrogens with zero attached hydrogens (tertiary/aromatic N) is 2. The molecule has 2 aliphatic rings. The van der Waals surface area contributed by atoms with Crippen molar-refractivity contribution < 1.29 is 14.3 Å². The minimum atomic E-state index is -0.561. The molecule has 26 heavy (non-hydrogen) atoms. The minimum Gasteiger partial charge on any atom is -0.368 e. The standard InChI is InChI=1S/C21H30N2O3/c1-16(26-15-17-9-10-17)19(24)22-11-13-23(14-12-22)20(25)21(2,3)18-7-5-4-6-8-18/h4-8,16-17H,9-15H2,1-3H3. The Morgan fingerprint density at radius 3 is 2.23 bits per heavy atom. The molecular formula is C21H30N2O3. The quantitative estimate of drug-likeness (QED) is 0.785. The molecular weight excluding hydrogens is 328 g/mol. The normalized spacial score (nSPS) is 19.3. The van der Waals surface area contributed by atoms with Crippen molar-refractivity contribution in [2.45, 2.75) is 45.1 Å². The van der Waals surface area contributed by atoms with Crippen LogP contribution < -0.4 is 0 Å². The number of hydrogen-bond donors (Lipinski definition) is 0. The summed E-state index contributed by atoms with van der Waals surface area (Å²) in [5, 5.41) is 0. The average Bonchev–Trinajstić information content (AvgIpc) is 3.50. The molecule has 1 heterocycles. The van der Waals surface area contributed by atoms with Gasteiger partial charge in [-0.3, -0.25) is 9.59 Å². The second-order valence-electron chi connectivity index (χ2n) is 8.03. The van der Waals surface area contributed by atoms with Crippen LogP contribution in [0.5, 0.6) is 0 Å². The first-order chi connectivity index (χ1) is 12.4. The summed E-state index contributed by atoms with van der Waals surface area (Å²) in [4.78, 5) is 29.2. The fourth-order valence-corrected chi connectivity index (χ4v) is 3.40. The topological polar surface area (TPSA) is 49.9 Å². The van der Waals surface area contributed by atoms with E-state index in [1.807, 2.05) is 60.9 Å². The number of amides is 2. The van der Waals surface area contributed by atoms with Crippen molar-refractivity contribution in [2.24, 2.45) is 5.92 Å². The third-order valence-corrected chi connectivity index (χ3v) is 5.54. The molecule has 1 saturated heterocycles. The highest BCUT2D eigenvalue weighted by atomic mass is 16.5. The van der Waals surface area contributed by atoms with Crippen LogP contribution in [0.1, 0.15) is 39.2 Å². The predicted molar refractivity (Wildman–Crippen MR) is 101 cm³/mol. The third kappa shape index (κ3) is 4.26. The van der Waals surface area contributed by atoms with Gasteiger partial charge in [0, 0.05) is 26.2 Å². The van der Waals surface area contributed by atoms with Crippen LogP contribution in [-0.4, -0.2) is 60.5 Å². The summed E-state index contributed by atoms with van der Waals surface area (Å²) in [6.45, 7) is 8.77. The van der Waals surface area contributed by atoms with Gasteiger partial charge in [0.05, 0.1) is 12.0 Å². The first kappa shape index (κ1) is 18.9. The van der Waals surface area contributed by atoms with Crippen LogP contribution in [0.2, 0.25) is 0 Å². The molecule has 1 aliphatic heterocycles. The van der Waals surface area contributed by atoms with Gasteiger partial charge >= 0.3 is 0 Å². The fraction of sp³-hybridized carbons (Fsp3) is 0.619. The van der Waals surface area contributed by atoms with Gasteiger partial charge in [0.25, 0.3) is 5.91 Å². The fourth-order valence-electron chi connectivity index (χ4n) is 3.40. The summed E-state index contributed by atoms with van der Waals surface area (Å²) in [5.74, 6) is 0.814. The molecule has 1 atom stereocenters. The zero-order valence-corrected chi connectivity index (χ0v) is 16.1. The van der Waals surface area contributed by atoms with E-state index in [0.29, 0.717) is 38.7 Å². The van der Waals surface area contributed by atoms with Gasteiger partial charge < -0.3 is 14.5 Å². The molecule has 1 saturated carbocycles. The summed E-state index contributed by atoms with van der Waals surface area (Å²) >= 11 is 0. The number of benzene rings is 1. The van der Waals surface area contributed by atoms with Gasteiger partial charge in [-0.1, -0.05) is 30.3 Å². The lowest BCUT2D eigenvalue weighted by atomic mass is 9.83. The molecule has 5 nitrogen and oxygen atoms in total. The molecule has 0 bridgehead atoms. The van der Waals surface area contributed by atoms with Crippen molar-refractivity contribution in [1.82, 2.24) is 9.80 Å². The Kier molecular flexibility index (Phi) is 5.66. The van der Waals surface area contributed by atoms with E-state index in [1.165, 1.54) is 12.8 Å². The molecule has 0 radical (unpaired) electrons. The number of hydrogen-bond acceptors (Lipinski definition) is 3. The third-order valence-electron chi connectivity index (χ3n) is 5.54. The van der Waals surface area contributed by atoms with E-state index in [9.17, 15) is 9.59 Å². The van der Waals surface area contributed by atoms with Gasteiger partial charge in [-0.2, -0.15) is 0 Å². The number of carbonyl (C=O) groups excluding carboxylic acids is 2. The molecule has 2 fully saturated rings. The number of piperazine rings is 1. The van der Waals surface area contributed by atoms with Crippen molar-refractivity contribution >= 4 is 11.8 Å². The first-order valence-electron chi connectivity index (χ1n) is 9.65. The van der Waals surface area contributed by atoms with Crippen LogP contribution >= 0.6 is 0 Å². The van der Waals surface area contributed by atoms with E-state index in [1.54, 1.807) is 0 Å². The molecule has 142 valence electrons. The van der Waals surface area contributed by atoms with E-state index >= 15 is 0 Å². The van der Waals surface area contributed by atoms with Gasteiger partial charge in [-0.15, -0.1) is 0 Å². The van der Waals surface area contributed by atoms with E-state index < -0.39 is 11.5 Å². The second kappa shape index (κ2) is 7.78. The summed E-state index contributed by atoms with van der Waals surface area (Å²) in [7, 11) is 0. The maximum absolute atomic E-state index is 13.0. The molecule has 0 spiro atoms. The van der Waals surface area contributed by atoms with Gasteiger partial charge in [-0.25, -0.2) is 0 Å². The largest absolute Gasteiger partial charge is 0.368 e. The number of carbonyl (C=O) groups is 2. The Hall–Kier alpha value is -1.88. The Balaban J connectivity index is 1.52. The van der Waals surface area contributed by atoms with Gasteiger partial charge in [0.15, 0.2) is 0 Å². The van der Waals surface area contributed by atoms with Crippen LogP contribution in [0.4, 0.5) is 0 Å². The SMILES string of the molecule is CC(OCC1CC1)C(=O)N1CCN(C(=O)C(C)(C)c2ccccc2)CC1. The molecule has 1 aliphatic carbocycles. The zero-order valence-electron chi connectivity index (χ0n) is 16.1. The maximum Gasteiger partial charge on any atom is 0.251 e. The van der Waals surface area contributed by atoms with Crippen LogP contribution in [-0.2, 0) is 19.7 Å². The van der Waals surface area contributed by atoms with E-state index in [0.717, 1.165) is 5.56 Å².